The molecule has 0 saturated heterocycles. The third kappa shape index (κ3) is 3.18. The Kier molecular flexibility index (Phi) is 4.41. The van der Waals surface area contributed by atoms with E-state index < -0.39 is 17.2 Å². The number of aryl methyl sites for hydroxylation is 1. The number of aromatic hydroxyl groups is 1. The molecule has 0 aliphatic rings. The van der Waals surface area contributed by atoms with E-state index in [0.29, 0.717) is 5.56 Å². The van der Waals surface area contributed by atoms with Crippen molar-refractivity contribution in [2.75, 3.05) is 5.32 Å². The van der Waals surface area contributed by atoms with Crippen LogP contribution in [-0.4, -0.2) is 25.7 Å². The lowest BCUT2D eigenvalue weighted by molar-refractivity contribution is 0.101. The lowest BCUT2D eigenvalue weighted by Crippen LogP contribution is -2.25. The van der Waals surface area contributed by atoms with Gasteiger partial charge in [-0.15, -0.1) is 0 Å². The molecule has 0 spiro atoms. The molecular formula is C16H13BrN4O4. The van der Waals surface area contributed by atoms with Crippen LogP contribution >= 0.6 is 15.9 Å². The van der Waals surface area contributed by atoms with E-state index in [1.54, 1.807) is 6.07 Å². The number of halogens is 1. The quantitative estimate of drug-likeness (QED) is 0.693. The van der Waals surface area contributed by atoms with E-state index in [1.807, 2.05) is 19.1 Å². The number of amides is 1. The van der Waals surface area contributed by atoms with E-state index in [4.69, 9.17) is 0 Å². The van der Waals surface area contributed by atoms with Crippen molar-refractivity contribution in [1.82, 2.24) is 14.7 Å². The highest BCUT2D eigenvalue weighted by atomic mass is 79.9. The van der Waals surface area contributed by atoms with E-state index >= 15 is 0 Å². The van der Waals surface area contributed by atoms with Crippen LogP contribution in [0.2, 0.25) is 0 Å². The second kappa shape index (κ2) is 6.52. The van der Waals surface area contributed by atoms with Crippen molar-refractivity contribution in [1.29, 1.82) is 0 Å². The van der Waals surface area contributed by atoms with Crippen LogP contribution < -0.4 is 10.9 Å². The topological polar surface area (TPSA) is 110 Å². The van der Waals surface area contributed by atoms with Crippen molar-refractivity contribution in [3.8, 4) is 17.1 Å². The number of carbonyl (C=O) groups excluding carboxylic acids is 1. The van der Waals surface area contributed by atoms with Crippen molar-refractivity contribution in [3.05, 3.63) is 56.7 Å². The number of aromatic nitrogens is 3. The van der Waals surface area contributed by atoms with Gasteiger partial charge in [-0.1, -0.05) is 27.2 Å². The maximum absolute atomic E-state index is 12.4. The summed E-state index contributed by atoms with van der Waals surface area (Å²) in [5, 5.41) is 16.0. The lowest BCUT2D eigenvalue weighted by Gasteiger charge is -2.13. The van der Waals surface area contributed by atoms with Gasteiger partial charge in [-0.05, 0) is 24.6 Å². The third-order valence-electron chi connectivity index (χ3n) is 3.61. The van der Waals surface area contributed by atoms with Crippen molar-refractivity contribution in [2.45, 2.75) is 6.92 Å². The van der Waals surface area contributed by atoms with Gasteiger partial charge in [-0.25, -0.2) is 4.98 Å². The SMILES string of the molecule is Cc1ccc(Br)cc1-c1nc(C(=O)Nc2cnoc2)c(O)c(=O)n1C. The molecule has 1 aromatic carbocycles. The number of nitrogens with zero attached hydrogens (tertiary/aromatic N) is 3. The molecule has 2 N–H and O–H groups in total. The maximum atomic E-state index is 12.4. The number of benzene rings is 1. The number of rotatable bonds is 3. The van der Waals surface area contributed by atoms with Gasteiger partial charge in [0.25, 0.3) is 11.5 Å². The van der Waals surface area contributed by atoms with Gasteiger partial charge < -0.3 is 14.9 Å². The minimum atomic E-state index is -0.743. The van der Waals surface area contributed by atoms with Crippen LogP contribution in [0.25, 0.3) is 11.4 Å². The van der Waals surface area contributed by atoms with Gasteiger partial charge >= 0.3 is 0 Å². The molecule has 0 saturated carbocycles. The Balaban J connectivity index is 2.15. The van der Waals surface area contributed by atoms with Gasteiger partial charge in [-0.3, -0.25) is 14.2 Å². The first kappa shape index (κ1) is 16.9. The third-order valence-corrected chi connectivity index (χ3v) is 4.11. The molecule has 2 aromatic heterocycles. The Morgan fingerprint density at radius 3 is 2.84 bits per heavy atom. The van der Waals surface area contributed by atoms with Gasteiger partial charge in [0.15, 0.2) is 5.69 Å². The fourth-order valence-corrected chi connectivity index (χ4v) is 2.64. The number of anilines is 1. The van der Waals surface area contributed by atoms with Gasteiger partial charge in [0, 0.05) is 17.1 Å². The second-order valence-electron chi connectivity index (χ2n) is 5.32. The normalized spacial score (nSPS) is 10.7. The summed E-state index contributed by atoms with van der Waals surface area (Å²) in [4.78, 5) is 28.9. The first-order valence-electron chi connectivity index (χ1n) is 7.15. The predicted octanol–water partition coefficient (Wildman–Crippen LogP) is 2.46. The zero-order valence-electron chi connectivity index (χ0n) is 13.3. The number of nitrogens with one attached hydrogen (secondary N) is 1. The monoisotopic (exact) mass is 404 g/mol. The summed E-state index contributed by atoms with van der Waals surface area (Å²) in [6.45, 7) is 1.86. The van der Waals surface area contributed by atoms with Crippen molar-refractivity contribution >= 4 is 27.5 Å². The average Bonchev–Trinajstić information content (AvgIpc) is 3.08. The Labute approximate surface area is 150 Å². The van der Waals surface area contributed by atoms with Crippen molar-refractivity contribution in [2.24, 2.45) is 7.05 Å². The summed E-state index contributed by atoms with van der Waals surface area (Å²) in [6.07, 6.45) is 2.50. The fraction of sp³-hybridized carbons (Fsp3) is 0.125. The molecule has 3 aromatic rings. The molecule has 0 unspecified atom stereocenters. The second-order valence-corrected chi connectivity index (χ2v) is 6.24. The van der Waals surface area contributed by atoms with Gasteiger partial charge in [0.2, 0.25) is 5.75 Å². The highest BCUT2D eigenvalue weighted by Crippen LogP contribution is 2.26. The van der Waals surface area contributed by atoms with Crippen LogP contribution in [0.4, 0.5) is 5.69 Å². The van der Waals surface area contributed by atoms with E-state index in [-0.39, 0.29) is 17.2 Å². The summed E-state index contributed by atoms with van der Waals surface area (Å²) < 4.78 is 6.62. The minimum absolute atomic E-state index is 0.261. The highest BCUT2D eigenvalue weighted by Gasteiger charge is 2.22. The van der Waals surface area contributed by atoms with Crippen LogP contribution in [0, 0.1) is 6.92 Å². The first-order chi connectivity index (χ1) is 11.9. The molecule has 3 rings (SSSR count). The van der Waals surface area contributed by atoms with E-state index in [9.17, 15) is 14.7 Å². The maximum Gasteiger partial charge on any atom is 0.296 e. The summed E-state index contributed by atoms with van der Waals surface area (Å²) in [6, 6.07) is 5.50. The molecule has 8 nitrogen and oxygen atoms in total. The largest absolute Gasteiger partial charge is 0.501 e. The summed E-state index contributed by atoms with van der Waals surface area (Å²) >= 11 is 3.38. The zero-order chi connectivity index (χ0) is 18.1. The number of hydrogen-bond acceptors (Lipinski definition) is 6. The van der Waals surface area contributed by atoms with Gasteiger partial charge in [0.1, 0.15) is 17.8 Å². The molecule has 0 bridgehead atoms. The molecule has 9 heteroatoms. The molecule has 0 aliphatic carbocycles. The number of hydrogen-bond donors (Lipinski definition) is 2. The molecule has 0 radical (unpaired) electrons. The van der Waals surface area contributed by atoms with E-state index in [0.717, 1.165) is 10.0 Å². The van der Waals surface area contributed by atoms with Crippen LogP contribution in [0.15, 0.2) is 44.4 Å². The minimum Gasteiger partial charge on any atom is -0.501 e. The summed E-state index contributed by atoms with van der Waals surface area (Å²) in [7, 11) is 1.48. The Bertz CT molecular complexity index is 1010. The molecule has 0 atom stereocenters. The molecule has 1 amide bonds. The van der Waals surface area contributed by atoms with Crippen molar-refractivity contribution < 1.29 is 14.4 Å². The van der Waals surface area contributed by atoms with Gasteiger partial charge in [0.05, 0.1) is 6.20 Å². The smallest absolute Gasteiger partial charge is 0.296 e. The Morgan fingerprint density at radius 2 is 2.16 bits per heavy atom. The summed E-state index contributed by atoms with van der Waals surface area (Å²) in [5.74, 6) is -1.21. The average molecular weight is 405 g/mol. The Hall–Kier alpha value is -2.94. The summed E-state index contributed by atoms with van der Waals surface area (Å²) in [5.41, 5.74) is 0.709. The first-order valence-corrected chi connectivity index (χ1v) is 7.95. The highest BCUT2D eigenvalue weighted by molar-refractivity contribution is 9.10. The molecule has 2 heterocycles. The standard InChI is InChI=1S/C16H13BrN4O4/c1-8-3-4-9(17)5-11(8)14-20-12(13(22)16(24)21(14)2)15(23)19-10-6-18-25-7-10/h3-7,22H,1-2H3,(H,19,23). The van der Waals surface area contributed by atoms with Crippen molar-refractivity contribution in [3.63, 3.8) is 0 Å². The lowest BCUT2D eigenvalue weighted by atomic mass is 10.1. The number of carbonyl (C=O) groups is 1. The van der Waals surface area contributed by atoms with E-state index in [1.165, 1.54) is 24.1 Å². The van der Waals surface area contributed by atoms with Crippen LogP contribution in [-0.2, 0) is 7.05 Å². The predicted molar refractivity (Wildman–Crippen MR) is 93.5 cm³/mol. The van der Waals surface area contributed by atoms with E-state index in [2.05, 4.69) is 35.9 Å². The Morgan fingerprint density at radius 1 is 1.40 bits per heavy atom. The molecule has 0 aliphatic heterocycles. The molecule has 0 fully saturated rings. The molecule has 25 heavy (non-hydrogen) atoms. The van der Waals surface area contributed by atoms with Crippen LogP contribution in [0.1, 0.15) is 16.1 Å². The fourth-order valence-electron chi connectivity index (χ4n) is 2.28. The molecular weight excluding hydrogens is 392 g/mol. The van der Waals surface area contributed by atoms with Crippen LogP contribution in [0.3, 0.4) is 0 Å². The molecule has 128 valence electrons. The van der Waals surface area contributed by atoms with Crippen LogP contribution in [0.5, 0.6) is 5.75 Å². The zero-order valence-corrected chi connectivity index (χ0v) is 14.9. The van der Waals surface area contributed by atoms with Gasteiger partial charge in [-0.2, -0.15) is 0 Å².